The second-order valence-corrected chi connectivity index (χ2v) is 5.72. The lowest BCUT2D eigenvalue weighted by Crippen LogP contribution is -2.05. The van der Waals surface area contributed by atoms with Gasteiger partial charge in [-0.2, -0.15) is 5.10 Å². The molecule has 0 spiro atoms. The van der Waals surface area contributed by atoms with Crippen molar-refractivity contribution >= 4 is 17.9 Å². The van der Waals surface area contributed by atoms with Crippen LogP contribution in [0.5, 0.6) is 0 Å². The van der Waals surface area contributed by atoms with Gasteiger partial charge in [0, 0.05) is 11.8 Å². The van der Waals surface area contributed by atoms with Crippen molar-refractivity contribution in [2.75, 3.05) is 0 Å². The van der Waals surface area contributed by atoms with Crippen molar-refractivity contribution in [3.63, 3.8) is 0 Å². The Labute approximate surface area is 144 Å². The highest BCUT2D eigenvalue weighted by Gasteiger charge is 2.26. The summed E-state index contributed by atoms with van der Waals surface area (Å²) in [4.78, 5) is 16.4. The van der Waals surface area contributed by atoms with Crippen LogP contribution in [0.2, 0.25) is 0 Å². The molecule has 0 saturated heterocycles. The van der Waals surface area contributed by atoms with Crippen molar-refractivity contribution in [2.45, 2.75) is 13.8 Å². The number of aliphatic imine (C=N–C) groups is 1. The molecule has 1 aromatic carbocycles. The van der Waals surface area contributed by atoms with E-state index in [1.54, 1.807) is 23.0 Å². The Morgan fingerprint density at radius 2 is 1.96 bits per heavy atom. The van der Waals surface area contributed by atoms with Crippen molar-refractivity contribution in [3.8, 4) is 5.69 Å². The molecule has 0 unspecified atom stereocenters. The van der Waals surface area contributed by atoms with Crippen LogP contribution in [-0.2, 0) is 9.53 Å². The molecule has 0 fully saturated rings. The fraction of sp³-hybridized carbons (Fsp3) is 0.105. The van der Waals surface area contributed by atoms with Gasteiger partial charge in [0.1, 0.15) is 11.5 Å². The Morgan fingerprint density at radius 3 is 2.68 bits per heavy atom. The average molecular weight is 333 g/mol. The van der Waals surface area contributed by atoms with E-state index in [1.807, 2.05) is 50.4 Å². The Hall–Kier alpha value is -3.41. The standard InChI is InChI=1S/C19H15N3O3/c1-12-8-16(13(2)24-12)18-21-17(19(23)25-18)9-14-10-20-22(11-14)15-6-4-3-5-7-15/h3-11H,1-2H3/b17-9+. The second kappa shape index (κ2) is 5.90. The van der Waals surface area contributed by atoms with Crippen LogP contribution in [0.3, 0.4) is 0 Å². The molecule has 0 saturated carbocycles. The van der Waals surface area contributed by atoms with E-state index in [4.69, 9.17) is 9.15 Å². The third-order valence-electron chi connectivity index (χ3n) is 3.82. The number of aromatic nitrogens is 2. The number of rotatable bonds is 3. The minimum Gasteiger partial charge on any atom is -0.466 e. The maximum atomic E-state index is 12.1. The molecular weight excluding hydrogens is 318 g/mol. The Kier molecular flexibility index (Phi) is 3.57. The fourth-order valence-corrected chi connectivity index (χ4v) is 2.66. The summed E-state index contributed by atoms with van der Waals surface area (Å²) in [7, 11) is 0. The number of carbonyl (C=O) groups excluding carboxylic acids is 1. The Morgan fingerprint density at radius 1 is 1.16 bits per heavy atom. The van der Waals surface area contributed by atoms with Crippen LogP contribution in [0.15, 0.2) is 63.9 Å². The van der Waals surface area contributed by atoms with Gasteiger partial charge in [-0.1, -0.05) is 18.2 Å². The summed E-state index contributed by atoms with van der Waals surface area (Å²) in [6.07, 6.45) is 5.16. The first kappa shape index (κ1) is 15.1. The molecule has 6 nitrogen and oxygen atoms in total. The lowest BCUT2D eigenvalue weighted by atomic mass is 10.2. The maximum absolute atomic E-state index is 12.1. The van der Waals surface area contributed by atoms with Gasteiger partial charge < -0.3 is 9.15 Å². The lowest BCUT2D eigenvalue weighted by molar-refractivity contribution is -0.129. The first-order chi connectivity index (χ1) is 12.1. The van der Waals surface area contributed by atoms with E-state index < -0.39 is 5.97 Å². The van der Waals surface area contributed by atoms with Crippen LogP contribution >= 0.6 is 0 Å². The number of cyclic esters (lactones) is 1. The van der Waals surface area contributed by atoms with Crippen molar-refractivity contribution in [3.05, 3.63) is 77.1 Å². The number of nitrogens with zero attached hydrogens (tertiary/aromatic N) is 3. The smallest absolute Gasteiger partial charge is 0.363 e. The molecule has 124 valence electrons. The van der Waals surface area contributed by atoms with E-state index in [-0.39, 0.29) is 11.6 Å². The quantitative estimate of drug-likeness (QED) is 0.544. The molecule has 0 bridgehead atoms. The number of esters is 1. The minimum absolute atomic E-state index is 0.237. The molecule has 6 heteroatoms. The van der Waals surface area contributed by atoms with Gasteiger partial charge in [-0.15, -0.1) is 0 Å². The molecule has 1 aliphatic heterocycles. The van der Waals surface area contributed by atoms with E-state index in [0.29, 0.717) is 11.3 Å². The predicted molar refractivity (Wildman–Crippen MR) is 92.4 cm³/mol. The lowest BCUT2D eigenvalue weighted by Gasteiger charge is -1.98. The maximum Gasteiger partial charge on any atom is 0.363 e. The van der Waals surface area contributed by atoms with Crippen LogP contribution in [0.4, 0.5) is 0 Å². The normalized spacial score (nSPS) is 15.5. The highest BCUT2D eigenvalue weighted by molar-refractivity contribution is 6.13. The van der Waals surface area contributed by atoms with Crippen molar-refractivity contribution in [1.82, 2.24) is 9.78 Å². The highest BCUT2D eigenvalue weighted by atomic mass is 16.6. The van der Waals surface area contributed by atoms with Crippen LogP contribution in [-0.4, -0.2) is 21.6 Å². The average Bonchev–Trinajstić information content (AvgIpc) is 3.29. The number of benzene rings is 1. The van der Waals surface area contributed by atoms with Crippen LogP contribution in [0.25, 0.3) is 11.8 Å². The van der Waals surface area contributed by atoms with Gasteiger partial charge in [0.15, 0.2) is 5.70 Å². The number of hydrogen-bond acceptors (Lipinski definition) is 5. The molecule has 3 aromatic rings. The van der Waals surface area contributed by atoms with Crippen molar-refractivity contribution < 1.29 is 13.9 Å². The molecule has 0 atom stereocenters. The van der Waals surface area contributed by atoms with E-state index >= 15 is 0 Å². The van der Waals surface area contributed by atoms with Gasteiger partial charge >= 0.3 is 5.97 Å². The molecule has 0 N–H and O–H groups in total. The van der Waals surface area contributed by atoms with Gasteiger partial charge in [-0.25, -0.2) is 14.5 Å². The summed E-state index contributed by atoms with van der Waals surface area (Å²) in [6, 6.07) is 11.5. The largest absolute Gasteiger partial charge is 0.466 e. The summed E-state index contributed by atoms with van der Waals surface area (Å²) >= 11 is 0. The molecule has 1 aliphatic rings. The topological polar surface area (TPSA) is 69.6 Å². The molecular formula is C19H15N3O3. The molecule has 0 amide bonds. The highest BCUT2D eigenvalue weighted by Crippen LogP contribution is 2.23. The van der Waals surface area contributed by atoms with Crippen LogP contribution < -0.4 is 0 Å². The van der Waals surface area contributed by atoms with Crippen molar-refractivity contribution in [2.24, 2.45) is 4.99 Å². The van der Waals surface area contributed by atoms with Crippen molar-refractivity contribution in [1.29, 1.82) is 0 Å². The zero-order valence-corrected chi connectivity index (χ0v) is 13.8. The monoisotopic (exact) mass is 333 g/mol. The predicted octanol–water partition coefficient (Wildman–Crippen LogP) is 3.43. The van der Waals surface area contributed by atoms with E-state index in [2.05, 4.69) is 10.1 Å². The summed E-state index contributed by atoms with van der Waals surface area (Å²) in [5.74, 6) is 1.19. The van der Waals surface area contributed by atoms with Gasteiger partial charge in [0.2, 0.25) is 5.90 Å². The number of furan rings is 1. The molecule has 0 aliphatic carbocycles. The molecule has 2 aromatic heterocycles. The first-order valence-corrected chi connectivity index (χ1v) is 7.80. The molecule has 0 radical (unpaired) electrons. The Balaban J connectivity index is 1.64. The zero-order valence-electron chi connectivity index (χ0n) is 13.8. The number of ether oxygens (including phenoxy) is 1. The van der Waals surface area contributed by atoms with Crippen LogP contribution in [0, 0.1) is 13.8 Å². The number of para-hydroxylation sites is 1. The summed E-state index contributed by atoms with van der Waals surface area (Å²) < 4.78 is 12.5. The summed E-state index contributed by atoms with van der Waals surface area (Å²) in [6.45, 7) is 3.65. The third-order valence-corrected chi connectivity index (χ3v) is 3.82. The van der Waals surface area contributed by atoms with Gasteiger partial charge in [-0.3, -0.25) is 0 Å². The van der Waals surface area contributed by atoms with E-state index in [1.165, 1.54) is 0 Å². The van der Waals surface area contributed by atoms with Gasteiger partial charge in [0.05, 0.1) is 17.4 Å². The first-order valence-electron chi connectivity index (χ1n) is 7.80. The number of aryl methyl sites for hydroxylation is 2. The van der Waals surface area contributed by atoms with E-state index in [0.717, 1.165) is 17.0 Å². The SMILES string of the molecule is Cc1cc(C2=N/C(=C/c3cnn(-c4ccccc4)c3)C(=O)O2)c(C)o1. The van der Waals surface area contributed by atoms with Crippen LogP contribution in [0.1, 0.15) is 22.6 Å². The van der Waals surface area contributed by atoms with Gasteiger partial charge in [-0.05, 0) is 38.1 Å². The summed E-state index contributed by atoms with van der Waals surface area (Å²) in [5.41, 5.74) is 2.63. The van der Waals surface area contributed by atoms with E-state index in [9.17, 15) is 4.79 Å². The number of carbonyl (C=O) groups is 1. The molecule has 25 heavy (non-hydrogen) atoms. The zero-order chi connectivity index (χ0) is 17.4. The van der Waals surface area contributed by atoms with Gasteiger partial charge in [0.25, 0.3) is 0 Å². The fourth-order valence-electron chi connectivity index (χ4n) is 2.66. The second-order valence-electron chi connectivity index (χ2n) is 5.72. The Bertz CT molecular complexity index is 1010. The minimum atomic E-state index is -0.485. The molecule has 3 heterocycles. The summed E-state index contributed by atoms with van der Waals surface area (Å²) in [5, 5.41) is 4.30. The number of hydrogen-bond donors (Lipinski definition) is 0. The molecule has 4 rings (SSSR count). The third kappa shape index (κ3) is 2.89.